The highest BCUT2D eigenvalue weighted by molar-refractivity contribution is 6.20. The van der Waals surface area contributed by atoms with Crippen LogP contribution < -0.4 is 0 Å². The summed E-state index contributed by atoms with van der Waals surface area (Å²) in [5.74, 6) is 0. The van der Waals surface area contributed by atoms with E-state index in [1.165, 1.54) is 0 Å². The third kappa shape index (κ3) is 2.03. The Morgan fingerprint density at radius 2 is 2.54 bits per heavy atom. The standard InChI is InChI=1S/C9H13ClN2O/c1-12-6-7(5-11-12)9-4-8(10)2-3-13-9/h5-6,8-9H,2-4H2,1H3. The maximum Gasteiger partial charge on any atom is 0.0869 e. The summed E-state index contributed by atoms with van der Waals surface area (Å²) in [4.78, 5) is 0. The van der Waals surface area contributed by atoms with Gasteiger partial charge in [0.15, 0.2) is 0 Å². The number of ether oxygens (including phenoxy) is 1. The van der Waals surface area contributed by atoms with Crippen molar-refractivity contribution in [1.82, 2.24) is 9.78 Å². The van der Waals surface area contributed by atoms with E-state index in [4.69, 9.17) is 16.3 Å². The quantitative estimate of drug-likeness (QED) is 0.648. The molecule has 0 aromatic carbocycles. The molecular weight excluding hydrogens is 188 g/mol. The van der Waals surface area contributed by atoms with Crippen molar-refractivity contribution in [3.8, 4) is 0 Å². The van der Waals surface area contributed by atoms with E-state index in [-0.39, 0.29) is 11.5 Å². The molecule has 0 saturated carbocycles. The van der Waals surface area contributed by atoms with E-state index in [1.54, 1.807) is 4.68 Å². The van der Waals surface area contributed by atoms with Gasteiger partial charge in [0, 0.05) is 30.8 Å². The maximum absolute atomic E-state index is 6.06. The molecule has 2 rings (SSSR count). The van der Waals surface area contributed by atoms with Gasteiger partial charge >= 0.3 is 0 Å². The molecule has 2 atom stereocenters. The van der Waals surface area contributed by atoms with Gasteiger partial charge in [0.1, 0.15) is 0 Å². The van der Waals surface area contributed by atoms with Crippen LogP contribution in [0.2, 0.25) is 0 Å². The number of hydrogen-bond acceptors (Lipinski definition) is 2. The molecule has 0 aliphatic carbocycles. The molecule has 1 aliphatic heterocycles. The Labute approximate surface area is 82.6 Å². The molecular formula is C9H13ClN2O. The number of halogens is 1. The van der Waals surface area contributed by atoms with Gasteiger partial charge in [0.25, 0.3) is 0 Å². The maximum atomic E-state index is 6.06. The molecule has 1 saturated heterocycles. The summed E-state index contributed by atoms with van der Waals surface area (Å²) in [5.41, 5.74) is 1.13. The molecule has 1 aromatic rings. The van der Waals surface area contributed by atoms with Crippen molar-refractivity contribution in [3.63, 3.8) is 0 Å². The lowest BCUT2D eigenvalue weighted by atomic mass is 10.0. The molecule has 13 heavy (non-hydrogen) atoms. The lowest BCUT2D eigenvalue weighted by Crippen LogP contribution is -2.19. The van der Waals surface area contributed by atoms with Gasteiger partial charge in [-0.25, -0.2) is 0 Å². The van der Waals surface area contributed by atoms with Gasteiger partial charge < -0.3 is 4.74 Å². The fourth-order valence-electron chi connectivity index (χ4n) is 1.60. The molecule has 0 radical (unpaired) electrons. The Hall–Kier alpha value is -0.540. The highest BCUT2D eigenvalue weighted by Crippen LogP contribution is 2.29. The van der Waals surface area contributed by atoms with E-state index in [0.29, 0.717) is 0 Å². The smallest absolute Gasteiger partial charge is 0.0869 e. The van der Waals surface area contributed by atoms with Gasteiger partial charge in [-0.1, -0.05) is 0 Å². The number of rotatable bonds is 1. The van der Waals surface area contributed by atoms with Crippen LogP contribution in [0.3, 0.4) is 0 Å². The molecule has 1 aliphatic rings. The van der Waals surface area contributed by atoms with Crippen molar-refractivity contribution in [2.75, 3.05) is 6.61 Å². The molecule has 4 heteroatoms. The number of aryl methyl sites for hydroxylation is 1. The lowest BCUT2D eigenvalue weighted by Gasteiger charge is -2.25. The van der Waals surface area contributed by atoms with Crippen LogP contribution in [0.5, 0.6) is 0 Å². The number of nitrogens with zero attached hydrogens (tertiary/aromatic N) is 2. The van der Waals surface area contributed by atoms with Crippen LogP contribution in [0.1, 0.15) is 24.5 Å². The van der Waals surface area contributed by atoms with Crippen LogP contribution in [0, 0.1) is 0 Å². The van der Waals surface area contributed by atoms with Crippen molar-refractivity contribution in [2.24, 2.45) is 7.05 Å². The van der Waals surface area contributed by atoms with Gasteiger partial charge in [-0.05, 0) is 12.8 Å². The average Bonchev–Trinajstić information content (AvgIpc) is 2.52. The van der Waals surface area contributed by atoms with Crippen molar-refractivity contribution in [3.05, 3.63) is 18.0 Å². The first-order chi connectivity index (χ1) is 6.25. The first-order valence-corrected chi connectivity index (χ1v) is 4.93. The number of hydrogen-bond donors (Lipinski definition) is 0. The van der Waals surface area contributed by atoms with Crippen LogP contribution in [0.25, 0.3) is 0 Å². The summed E-state index contributed by atoms with van der Waals surface area (Å²) >= 11 is 6.06. The van der Waals surface area contributed by atoms with Crippen molar-refractivity contribution in [1.29, 1.82) is 0 Å². The first kappa shape index (κ1) is 9.03. The van der Waals surface area contributed by atoms with Gasteiger partial charge in [-0.15, -0.1) is 11.6 Å². The summed E-state index contributed by atoms with van der Waals surface area (Å²) in [6, 6.07) is 0. The zero-order valence-corrected chi connectivity index (χ0v) is 8.37. The Bertz CT molecular complexity index is 287. The van der Waals surface area contributed by atoms with Crippen molar-refractivity contribution >= 4 is 11.6 Å². The van der Waals surface area contributed by atoms with Crippen molar-refractivity contribution < 1.29 is 4.74 Å². The minimum Gasteiger partial charge on any atom is -0.373 e. The van der Waals surface area contributed by atoms with Gasteiger partial charge in [0.05, 0.1) is 12.3 Å². The molecule has 2 unspecified atom stereocenters. The molecule has 0 bridgehead atoms. The van der Waals surface area contributed by atoms with Crippen LogP contribution >= 0.6 is 11.6 Å². The van der Waals surface area contributed by atoms with Crippen LogP contribution in [0.4, 0.5) is 0 Å². The van der Waals surface area contributed by atoms with E-state index in [0.717, 1.165) is 25.0 Å². The summed E-state index contributed by atoms with van der Waals surface area (Å²) in [6.07, 6.45) is 5.83. The number of aromatic nitrogens is 2. The summed E-state index contributed by atoms with van der Waals surface area (Å²) < 4.78 is 7.40. The monoisotopic (exact) mass is 200 g/mol. The van der Waals surface area contributed by atoms with Gasteiger partial charge in [-0.2, -0.15) is 5.10 Å². The Morgan fingerprint density at radius 3 is 3.15 bits per heavy atom. The molecule has 1 aromatic heterocycles. The second kappa shape index (κ2) is 3.68. The summed E-state index contributed by atoms with van der Waals surface area (Å²) in [7, 11) is 1.91. The second-order valence-corrected chi connectivity index (χ2v) is 4.05. The molecule has 0 N–H and O–H groups in total. The molecule has 2 heterocycles. The van der Waals surface area contributed by atoms with Crippen LogP contribution in [0.15, 0.2) is 12.4 Å². The first-order valence-electron chi connectivity index (χ1n) is 4.50. The third-order valence-electron chi connectivity index (χ3n) is 2.32. The second-order valence-electron chi connectivity index (χ2n) is 3.43. The summed E-state index contributed by atoms with van der Waals surface area (Å²) in [5, 5.41) is 4.36. The third-order valence-corrected chi connectivity index (χ3v) is 2.71. The van der Waals surface area contributed by atoms with Crippen molar-refractivity contribution in [2.45, 2.75) is 24.3 Å². The van der Waals surface area contributed by atoms with Crippen LogP contribution in [-0.2, 0) is 11.8 Å². The molecule has 3 nitrogen and oxygen atoms in total. The average molecular weight is 201 g/mol. The normalized spacial score (nSPS) is 29.1. The highest BCUT2D eigenvalue weighted by Gasteiger charge is 2.23. The number of alkyl halides is 1. The lowest BCUT2D eigenvalue weighted by molar-refractivity contribution is 0.0168. The zero-order chi connectivity index (χ0) is 9.26. The van der Waals surface area contributed by atoms with E-state index in [2.05, 4.69) is 5.10 Å². The molecule has 1 fully saturated rings. The predicted molar refractivity (Wildman–Crippen MR) is 50.8 cm³/mol. The highest BCUT2D eigenvalue weighted by atomic mass is 35.5. The topological polar surface area (TPSA) is 27.1 Å². The SMILES string of the molecule is Cn1cc(C2CC(Cl)CCO2)cn1. The molecule has 72 valence electrons. The fraction of sp³-hybridized carbons (Fsp3) is 0.667. The predicted octanol–water partition coefficient (Wildman–Crippen LogP) is 1.88. The summed E-state index contributed by atoms with van der Waals surface area (Å²) in [6.45, 7) is 0.758. The van der Waals surface area contributed by atoms with Gasteiger partial charge in [0.2, 0.25) is 0 Å². The van der Waals surface area contributed by atoms with E-state index < -0.39 is 0 Å². The Kier molecular flexibility index (Phi) is 2.56. The molecule has 0 amide bonds. The van der Waals surface area contributed by atoms with Gasteiger partial charge in [-0.3, -0.25) is 4.68 Å². The zero-order valence-electron chi connectivity index (χ0n) is 7.61. The van der Waals surface area contributed by atoms with E-state index in [9.17, 15) is 0 Å². The Morgan fingerprint density at radius 1 is 1.69 bits per heavy atom. The largest absolute Gasteiger partial charge is 0.373 e. The van der Waals surface area contributed by atoms with E-state index >= 15 is 0 Å². The molecule has 0 spiro atoms. The minimum atomic E-state index is 0.143. The Balaban J connectivity index is 2.08. The minimum absolute atomic E-state index is 0.143. The fourth-order valence-corrected chi connectivity index (χ4v) is 1.85. The van der Waals surface area contributed by atoms with Crippen LogP contribution in [-0.4, -0.2) is 21.8 Å². The van der Waals surface area contributed by atoms with E-state index in [1.807, 2.05) is 19.4 Å².